The molecule has 0 aliphatic heterocycles. The van der Waals surface area contributed by atoms with Crippen molar-refractivity contribution in [1.29, 1.82) is 0 Å². The topological polar surface area (TPSA) is 61.3 Å². The molecule has 0 aliphatic rings. The van der Waals surface area contributed by atoms with Crippen LogP contribution in [0.4, 0.5) is 0 Å². The number of hydrogen-bond donors (Lipinski definition) is 0. The Hall–Kier alpha value is -1.65. The Bertz CT molecular complexity index is 342. The molecule has 0 fully saturated rings. The molecule has 1 rings (SSSR count). The lowest BCUT2D eigenvalue weighted by molar-refractivity contribution is -0.116. The molecule has 0 saturated carbocycles. The van der Waals surface area contributed by atoms with Crippen LogP contribution in [0.25, 0.3) is 0 Å². The maximum absolute atomic E-state index is 11.0. The van der Waals surface area contributed by atoms with Crippen LogP contribution < -0.4 is 9.47 Å². The van der Waals surface area contributed by atoms with Crippen LogP contribution in [-0.2, 0) is 11.2 Å². The molecule has 0 amide bonds. The van der Waals surface area contributed by atoms with Crippen molar-refractivity contribution in [2.45, 2.75) is 27.2 Å². The van der Waals surface area contributed by atoms with Crippen LogP contribution in [0.3, 0.4) is 0 Å². The quantitative estimate of drug-likeness (QED) is 0.731. The predicted octanol–water partition coefficient (Wildman–Crippen LogP) is 1.41. The van der Waals surface area contributed by atoms with E-state index in [4.69, 9.17) is 9.47 Å². The van der Waals surface area contributed by atoms with Crippen molar-refractivity contribution < 1.29 is 14.3 Å². The fraction of sp³-hybridized carbons (Fsp3) is 0.545. The summed E-state index contributed by atoms with van der Waals surface area (Å²) in [6.45, 7) is 6.27. The lowest BCUT2D eigenvalue weighted by atomic mass is 10.3. The Labute approximate surface area is 94.8 Å². The number of ether oxygens (including phenoxy) is 2. The zero-order valence-electron chi connectivity index (χ0n) is 9.82. The van der Waals surface area contributed by atoms with Gasteiger partial charge in [0, 0.05) is 0 Å². The Balaban J connectivity index is 2.93. The van der Waals surface area contributed by atoms with Crippen molar-refractivity contribution >= 4 is 5.78 Å². The molecule has 0 aliphatic carbocycles. The van der Waals surface area contributed by atoms with Crippen LogP contribution in [0, 0.1) is 0 Å². The zero-order valence-corrected chi connectivity index (χ0v) is 9.82. The molecule has 0 atom stereocenters. The highest BCUT2D eigenvalue weighted by Gasteiger charge is 2.08. The van der Waals surface area contributed by atoms with E-state index in [1.807, 2.05) is 13.8 Å². The number of carbonyl (C=O) groups excluding carboxylic acids is 1. The van der Waals surface area contributed by atoms with Gasteiger partial charge in [-0.05, 0) is 20.8 Å². The van der Waals surface area contributed by atoms with Gasteiger partial charge in [0.1, 0.15) is 11.6 Å². The Morgan fingerprint density at radius 3 is 2.06 bits per heavy atom. The molecule has 5 nitrogen and oxygen atoms in total. The molecule has 5 heteroatoms. The van der Waals surface area contributed by atoms with Crippen molar-refractivity contribution in [2.75, 3.05) is 13.2 Å². The third-order valence-electron chi connectivity index (χ3n) is 1.72. The van der Waals surface area contributed by atoms with Crippen molar-refractivity contribution in [1.82, 2.24) is 9.97 Å². The van der Waals surface area contributed by atoms with Gasteiger partial charge in [0.25, 0.3) is 0 Å². The van der Waals surface area contributed by atoms with Gasteiger partial charge in [0.05, 0.1) is 25.7 Å². The van der Waals surface area contributed by atoms with Crippen molar-refractivity contribution in [3.05, 3.63) is 11.9 Å². The van der Waals surface area contributed by atoms with E-state index in [2.05, 4.69) is 9.97 Å². The third kappa shape index (κ3) is 3.84. The molecule has 0 N–H and O–H groups in total. The van der Waals surface area contributed by atoms with E-state index < -0.39 is 0 Å². The van der Waals surface area contributed by atoms with Gasteiger partial charge in [-0.2, -0.15) is 9.97 Å². The van der Waals surface area contributed by atoms with Crippen LogP contribution in [0.2, 0.25) is 0 Å². The first kappa shape index (κ1) is 12.4. The standard InChI is InChI=1S/C11H16N2O3/c1-4-15-10-7-11(16-5-2)13-9(12-10)6-8(3)14/h7H,4-6H2,1-3H3. The lowest BCUT2D eigenvalue weighted by Crippen LogP contribution is -2.07. The third-order valence-corrected chi connectivity index (χ3v) is 1.72. The second-order valence-electron chi connectivity index (χ2n) is 3.21. The maximum atomic E-state index is 11.0. The van der Waals surface area contributed by atoms with Gasteiger partial charge in [0.2, 0.25) is 11.8 Å². The van der Waals surface area contributed by atoms with Gasteiger partial charge >= 0.3 is 0 Å². The van der Waals surface area contributed by atoms with Gasteiger partial charge < -0.3 is 9.47 Å². The summed E-state index contributed by atoms with van der Waals surface area (Å²) in [6, 6.07) is 1.62. The van der Waals surface area contributed by atoms with Gasteiger partial charge in [0.15, 0.2) is 0 Å². The molecule has 1 heterocycles. The van der Waals surface area contributed by atoms with Crippen molar-refractivity contribution in [2.24, 2.45) is 0 Å². The number of hydrogen-bond acceptors (Lipinski definition) is 5. The van der Waals surface area contributed by atoms with E-state index in [0.717, 1.165) is 0 Å². The van der Waals surface area contributed by atoms with E-state index in [-0.39, 0.29) is 12.2 Å². The average molecular weight is 224 g/mol. The normalized spacial score (nSPS) is 9.94. The molecule has 0 radical (unpaired) electrons. The zero-order chi connectivity index (χ0) is 12.0. The molecule has 0 saturated heterocycles. The number of ketones is 1. The molecule has 1 aromatic heterocycles. The van der Waals surface area contributed by atoms with E-state index in [9.17, 15) is 4.79 Å². The van der Waals surface area contributed by atoms with Crippen molar-refractivity contribution in [3.63, 3.8) is 0 Å². The van der Waals surface area contributed by atoms with E-state index in [0.29, 0.717) is 30.8 Å². The minimum atomic E-state index is 0.0103. The Morgan fingerprint density at radius 1 is 1.19 bits per heavy atom. The van der Waals surface area contributed by atoms with Crippen LogP contribution in [0.5, 0.6) is 11.8 Å². The summed E-state index contributed by atoms with van der Waals surface area (Å²) in [5, 5.41) is 0. The molecule has 16 heavy (non-hydrogen) atoms. The summed E-state index contributed by atoms with van der Waals surface area (Å²) in [4.78, 5) is 19.2. The Morgan fingerprint density at radius 2 is 1.69 bits per heavy atom. The van der Waals surface area contributed by atoms with Crippen LogP contribution in [0.15, 0.2) is 6.07 Å². The highest BCUT2D eigenvalue weighted by Crippen LogP contribution is 2.16. The van der Waals surface area contributed by atoms with Gasteiger partial charge in [-0.15, -0.1) is 0 Å². The summed E-state index contributed by atoms with van der Waals surface area (Å²) in [5.41, 5.74) is 0. The smallest absolute Gasteiger partial charge is 0.220 e. The second kappa shape index (κ2) is 6.05. The van der Waals surface area contributed by atoms with Crippen molar-refractivity contribution in [3.8, 4) is 11.8 Å². The first-order valence-corrected chi connectivity index (χ1v) is 5.28. The number of aromatic nitrogens is 2. The molecular weight excluding hydrogens is 208 g/mol. The number of Topliss-reactive ketones (excluding diaryl/α,β-unsaturated/α-hetero) is 1. The number of nitrogens with zero attached hydrogens (tertiary/aromatic N) is 2. The average Bonchev–Trinajstić information content (AvgIpc) is 2.17. The predicted molar refractivity (Wildman–Crippen MR) is 58.8 cm³/mol. The lowest BCUT2D eigenvalue weighted by Gasteiger charge is -2.07. The first-order chi connectivity index (χ1) is 7.65. The summed E-state index contributed by atoms with van der Waals surface area (Å²) in [7, 11) is 0. The highest BCUT2D eigenvalue weighted by atomic mass is 16.5. The summed E-state index contributed by atoms with van der Waals surface area (Å²) >= 11 is 0. The molecule has 1 aromatic rings. The number of rotatable bonds is 6. The van der Waals surface area contributed by atoms with Gasteiger partial charge in [-0.25, -0.2) is 0 Å². The van der Waals surface area contributed by atoms with Gasteiger partial charge in [-0.1, -0.05) is 0 Å². The van der Waals surface area contributed by atoms with Crippen LogP contribution >= 0.6 is 0 Å². The minimum Gasteiger partial charge on any atom is -0.478 e. The molecule has 88 valence electrons. The maximum Gasteiger partial charge on any atom is 0.220 e. The molecule has 0 aromatic carbocycles. The summed E-state index contributed by atoms with van der Waals surface area (Å²) in [5.74, 6) is 1.33. The first-order valence-electron chi connectivity index (χ1n) is 5.28. The Kier molecular flexibility index (Phi) is 4.69. The second-order valence-corrected chi connectivity index (χ2v) is 3.21. The molecule has 0 bridgehead atoms. The number of carbonyl (C=O) groups is 1. The summed E-state index contributed by atoms with van der Waals surface area (Å²) < 4.78 is 10.5. The molecular formula is C11H16N2O3. The SMILES string of the molecule is CCOc1cc(OCC)nc(CC(C)=O)n1. The van der Waals surface area contributed by atoms with E-state index in [1.165, 1.54) is 6.92 Å². The van der Waals surface area contributed by atoms with E-state index in [1.54, 1.807) is 6.07 Å². The minimum absolute atomic E-state index is 0.0103. The fourth-order valence-electron chi connectivity index (χ4n) is 1.19. The largest absolute Gasteiger partial charge is 0.478 e. The molecule has 0 unspecified atom stereocenters. The van der Waals surface area contributed by atoms with Crippen LogP contribution in [-0.4, -0.2) is 29.0 Å². The van der Waals surface area contributed by atoms with Gasteiger partial charge in [-0.3, -0.25) is 4.79 Å². The molecule has 0 spiro atoms. The summed E-state index contributed by atoms with van der Waals surface area (Å²) in [6.07, 6.45) is 0.195. The monoisotopic (exact) mass is 224 g/mol. The fourth-order valence-corrected chi connectivity index (χ4v) is 1.19. The van der Waals surface area contributed by atoms with Crippen LogP contribution in [0.1, 0.15) is 26.6 Å². The highest BCUT2D eigenvalue weighted by molar-refractivity contribution is 5.77. The van der Waals surface area contributed by atoms with E-state index >= 15 is 0 Å².